The molecule has 1 amide bonds. The number of carbonyl (C=O) groups is 2. The van der Waals surface area contributed by atoms with Crippen LogP contribution in [0.1, 0.15) is 37.7 Å². The predicted octanol–water partition coefficient (Wildman–Crippen LogP) is 4.01. The van der Waals surface area contributed by atoms with Gasteiger partial charge in [-0.3, -0.25) is 4.79 Å². The highest BCUT2D eigenvalue weighted by atomic mass is 79.9. The fourth-order valence-electron chi connectivity index (χ4n) is 2.50. The van der Waals surface area contributed by atoms with E-state index in [1.165, 1.54) is 24.5 Å². The molecule has 0 heterocycles. The Balaban J connectivity index is 1.65. The van der Waals surface area contributed by atoms with E-state index >= 15 is 0 Å². The van der Waals surface area contributed by atoms with Gasteiger partial charge in [0, 0.05) is 17.1 Å². The van der Waals surface area contributed by atoms with Crippen molar-refractivity contribution in [3.05, 3.63) is 52.0 Å². The molecule has 5 heteroatoms. The molecule has 0 unspecified atom stereocenters. The summed E-state index contributed by atoms with van der Waals surface area (Å²) < 4.78 is 5.83. The molecular formula is C19H22BrNO3. The van der Waals surface area contributed by atoms with E-state index in [0.29, 0.717) is 6.54 Å². The van der Waals surface area contributed by atoms with E-state index in [0.717, 1.165) is 29.3 Å². The van der Waals surface area contributed by atoms with E-state index in [9.17, 15) is 9.59 Å². The summed E-state index contributed by atoms with van der Waals surface area (Å²) in [6, 6.07) is 7.54. The molecule has 1 aliphatic rings. The molecule has 1 aliphatic carbocycles. The van der Waals surface area contributed by atoms with Crippen molar-refractivity contribution in [2.24, 2.45) is 0 Å². The summed E-state index contributed by atoms with van der Waals surface area (Å²) >= 11 is 3.40. The summed E-state index contributed by atoms with van der Waals surface area (Å²) in [5.41, 5.74) is 2.29. The predicted molar refractivity (Wildman–Crippen MR) is 98.3 cm³/mol. The molecule has 0 saturated heterocycles. The molecule has 0 aromatic heterocycles. The third-order valence-electron chi connectivity index (χ3n) is 3.80. The lowest BCUT2D eigenvalue weighted by atomic mass is 9.97. The highest BCUT2D eigenvalue weighted by Crippen LogP contribution is 2.19. The summed E-state index contributed by atoms with van der Waals surface area (Å²) in [4.78, 5) is 23.3. The van der Waals surface area contributed by atoms with Crippen LogP contribution in [0, 0.1) is 0 Å². The molecule has 1 aromatic rings. The molecule has 24 heavy (non-hydrogen) atoms. The van der Waals surface area contributed by atoms with Gasteiger partial charge >= 0.3 is 5.97 Å². The average molecular weight is 392 g/mol. The molecule has 128 valence electrons. The second-order valence-corrected chi connectivity index (χ2v) is 6.53. The van der Waals surface area contributed by atoms with Gasteiger partial charge in [-0.15, -0.1) is 0 Å². The lowest BCUT2D eigenvalue weighted by Crippen LogP contribution is -2.29. The molecule has 0 fully saturated rings. The van der Waals surface area contributed by atoms with Crippen LogP contribution in [0.5, 0.6) is 0 Å². The molecule has 0 spiro atoms. The van der Waals surface area contributed by atoms with E-state index in [-0.39, 0.29) is 12.5 Å². The van der Waals surface area contributed by atoms with Crippen LogP contribution in [0.2, 0.25) is 0 Å². The number of carbonyl (C=O) groups excluding carboxylic acids is 2. The summed E-state index contributed by atoms with van der Waals surface area (Å²) in [5, 5.41) is 2.78. The van der Waals surface area contributed by atoms with Gasteiger partial charge in [-0.25, -0.2) is 4.79 Å². The van der Waals surface area contributed by atoms with Gasteiger partial charge in [0.15, 0.2) is 6.61 Å². The summed E-state index contributed by atoms with van der Waals surface area (Å²) in [5.74, 6) is -0.801. The summed E-state index contributed by atoms with van der Waals surface area (Å²) in [6.45, 7) is 0.340. The molecule has 4 nitrogen and oxygen atoms in total. The molecule has 0 atom stereocenters. The number of nitrogens with one attached hydrogen (secondary N) is 1. The van der Waals surface area contributed by atoms with Gasteiger partial charge in [0.25, 0.3) is 5.91 Å². The summed E-state index contributed by atoms with van der Waals surface area (Å²) in [7, 11) is 0. The zero-order valence-electron chi connectivity index (χ0n) is 13.6. The van der Waals surface area contributed by atoms with Crippen LogP contribution >= 0.6 is 15.9 Å². The third kappa shape index (κ3) is 6.71. The van der Waals surface area contributed by atoms with Gasteiger partial charge in [-0.1, -0.05) is 45.8 Å². The molecule has 1 N–H and O–H groups in total. The number of rotatable bonds is 7. The average Bonchev–Trinajstić information content (AvgIpc) is 2.60. The number of allylic oxidation sites excluding steroid dienone is 1. The molecule has 0 radical (unpaired) electrons. The number of amides is 1. The zero-order valence-corrected chi connectivity index (χ0v) is 15.2. The first-order valence-electron chi connectivity index (χ1n) is 8.19. The van der Waals surface area contributed by atoms with Crippen molar-refractivity contribution >= 4 is 33.9 Å². The quantitative estimate of drug-likeness (QED) is 0.433. The Bertz CT molecular complexity index is 637. The van der Waals surface area contributed by atoms with Gasteiger partial charge in [-0.05, 0) is 49.8 Å². The van der Waals surface area contributed by atoms with E-state index in [4.69, 9.17) is 4.74 Å². The van der Waals surface area contributed by atoms with Gasteiger partial charge in [0.05, 0.1) is 0 Å². The van der Waals surface area contributed by atoms with Crippen molar-refractivity contribution in [1.82, 2.24) is 5.32 Å². The number of benzene rings is 1. The number of hydrogen-bond acceptors (Lipinski definition) is 3. The van der Waals surface area contributed by atoms with Crippen LogP contribution in [0.15, 0.2) is 46.5 Å². The maximum atomic E-state index is 11.7. The second-order valence-electron chi connectivity index (χ2n) is 5.67. The Labute approximate surface area is 151 Å². The number of hydrogen-bond donors (Lipinski definition) is 1. The number of ether oxygens (including phenoxy) is 1. The van der Waals surface area contributed by atoms with E-state index in [2.05, 4.69) is 27.3 Å². The van der Waals surface area contributed by atoms with Gasteiger partial charge in [-0.2, -0.15) is 0 Å². The Morgan fingerprint density at radius 2 is 2.08 bits per heavy atom. The fraction of sp³-hybridized carbons (Fsp3) is 0.368. The van der Waals surface area contributed by atoms with Crippen LogP contribution in [0.4, 0.5) is 0 Å². The largest absolute Gasteiger partial charge is 0.452 e. The van der Waals surface area contributed by atoms with Gasteiger partial charge in [0.1, 0.15) is 0 Å². The van der Waals surface area contributed by atoms with Crippen LogP contribution in [-0.4, -0.2) is 25.0 Å². The van der Waals surface area contributed by atoms with Crippen LogP contribution in [0.3, 0.4) is 0 Å². The van der Waals surface area contributed by atoms with E-state index in [1.807, 2.05) is 24.3 Å². The van der Waals surface area contributed by atoms with Crippen LogP contribution in [0.25, 0.3) is 6.08 Å². The minimum absolute atomic E-state index is 0.252. The van der Waals surface area contributed by atoms with Crippen LogP contribution in [-0.2, 0) is 14.3 Å². The van der Waals surface area contributed by atoms with Crippen molar-refractivity contribution in [3.8, 4) is 0 Å². The van der Waals surface area contributed by atoms with Crippen LogP contribution < -0.4 is 5.32 Å². The van der Waals surface area contributed by atoms with Crippen molar-refractivity contribution < 1.29 is 14.3 Å². The maximum Gasteiger partial charge on any atom is 0.331 e. The molecule has 0 bridgehead atoms. The summed E-state index contributed by atoms with van der Waals surface area (Å²) in [6.07, 6.45) is 10.9. The van der Waals surface area contributed by atoms with Crippen molar-refractivity contribution in [2.45, 2.75) is 32.1 Å². The minimum atomic E-state index is -0.532. The topological polar surface area (TPSA) is 55.4 Å². The Morgan fingerprint density at radius 1 is 1.25 bits per heavy atom. The molecule has 0 saturated carbocycles. The van der Waals surface area contributed by atoms with Crippen molar-refractivity contribution in [2.75, 3.05) is 13.2 Å². The Kier molecular flexibility index (Phi) is 7.75. The Hall–Kier alpha value is -1.88. The smallest absolute Gasteiger partial charge is 0.331 e. The minimum Gasteiger partial charge on any atom is -0.452 e. The van der Waals surface area contributed by atoms with E-state index in [1.54, 1.807) is 6.08 Å². The maximum absolute atomic E-state index is 11.7. The van der Waals surface area contributed by atoms with Crippen molar-refractivity contribution in [1.29, 1.82) is 0 Å². The monoisotopic (exact) mass is 391 g/mol. The molecular weight excluding hydrogens is 370 g/mol. The SMILES string of the molecule is O=C(COC(=O)/C=C/c1ccccc1Br)NCCC1=CCCCC1. The standard InChI is InChI=1S/C19H22BrNO3/c20-17-9-5-4-8-16(17)10-11-19(23)24-14-18(22)21-13-12-15-6-2-1-3-7-15/h4-6,8-11H,1-3,7,12-14H2,(H,21,22)/b11-10+. The first-order chi connectivity index (χ1) is 11.6. The first-order valence-corrected chi connectivity index (χ1v) is 8.98. The second kappa shape index (κ2) is 10.1. The van der Waals surface area contributed by atoms with Gasteiger partial charge in [0.2, 0.25) is 0 Å². The highest BCUT2D eigenvalue weighted by Gasteiger charge is 2.07. The molecule has 2 rings (SSSR count). The zero-order chi connectivity index (χ0) is 17.2. The molecule has 0 aliphatic heterocycles. The molecule has 1 aromatic carbocycles. The highest BCUT2D eigenvalue weighted by molar-refractivity contribution is 9.10. The van der Waals surface area contributed by atoms with Gasteiger partial charge < -0.3 is 10.1 Å². The van der Waals surface area contributed by atoms with E-state index < -0.39 is 5.97 Å². The third-order valence-corrected chi connectivity index (χ3v) is 4.53. The normalized spacial score (nSPS) is 14.3. The number of halogens is 1. The first kappa shape index (κ1) is 18.5. The fourth-order valence-corrected chi connectivity index (χ4v) is 2.92. The lowest BCUT2D eigenvalue weighted by molar-refractivity contribution is -0.143. The Morgan fingerprint density at radius 3 is 2.83 bits per heavy atom. The lowest BCUT2D eigenvalue weighted by Gasteiger charge is -2.12. The van der Waals surface area contributed by atoms with Crippen molar-refractivity contribution in [3.63, 3.8) is 0 Å². The number of esters is 1.